The summed E-state index contributed by atoms with van der Waals surface area (Å²) in [5.74, 6) is -1.58. The van der Waals surface area contributed by atoms with E-state index in [1.54, 1.807) is 45.0 Å². The molecular weight excluding hydrogens is 488 g/mol. The first kappa shape index (κ1) is 26.8. The highest BCUT2D eigenvalue weighted by atomic mass is 16.6. The zero-order valence-corrected chi connectivity index (χ0v) is 21.8. The third-order valence-electron chi connectivity index (χ3n) is 6.32. The maximum absolute atomic E-state index is 13.0. The molecule has 10 nitrogen and oxygen atoms in total. The van der Waals surface area contributed by atoms with Crippen LogP contribution >= 0.6 is 0 Å². The normalized spacial score (nSPS) is 15.6. The van der Waals surface area contributed by atoms with E-state index >= 15 is 0 Å². The second-order valence-corrected chi connectivity index (χ2v) is 10.5. The molecule has 3 N–H and O–H groups in total. The van der Waals surface area contributed by atoms with Gasteiger partial charge in [0.1, 0.15) is 12.1 Å². The van der Waals surface area contributed by atoms with Gasteiger partial charge in [-0.1, -0.05) is 25.3 Å². The quantitative estimate of drug-likeness (QED) is 0.486. The molecular formula is C28H32N4O6. The van der Waals surface area contributed by atoms with Crippen molar-refractivity contribution in [3.05, 3.63) is 59.2 Å². The second kappa shape index (κ2) is 11.0. The smallest absolute Gasteiger partial charge is 0.408 e. The Morgan fingerprint density at radius 2 is 1.55 bits per heavy atom. The summed E-state index contributed by atoms with van der Waals surface area (Å²) >= 11 is 0. The van der Waals surface area contributed by atoms with Crippen LogP contribution in [-0.2, 0) is 9.53 Å². The lowest BCUT2D eigenvalue weighted by Crippen LogP contribution is -2.40. The van der Waals surface area contributed by atoms with Crippen LogP contribution in [0.4, 0.5) is 16.2 Å². The number of carbonyl (C=O) groups is 5. The molecule has 0 bridgehead atoms. The maximum atomic E-state index is 13.0. The van der Waals surface area contributed by atoms with Crippen LogP contribution in [0.2, 0.25) is 0 Å². The fourth-order valence-corrected chi connectivity index (χ4v) is 4.62. The summed E-state index contributed by atoms with van der Waals surface area (Å²) in [4.78, 5) is 64.2. The van der Waals surface area contributed by atoms with Crippen molar-refractivity contribution in [2.45, 2.75) is 64.5 Å². The van der Waals surface area contributed by atoms with Crippen molar-refractivity contribution < 1.29 is 28.7 Å². The fraction of sp³-hybridized carbons (Fsp3) is 0.393. The molecule has 0 unspecified atom stereocenters. The lowest BCUT2D eigenvalue weighted by molar-refractivity contribution is -0.115. The van der Waals surface area contributed by atoms with Gasteiger partial charge in [0.25, 0.3) is 17.7 Å². The van der Waals surface area contributed by atoms with E-state index in [1.807, 2.05) is 0 Å². The zero-order chi connectivity index (χ0) is 27.4. The van der Waals surface area contributed by atoms with Gasteiger partial charge in [-0.05, 0) is 70.0 Å². The van der Waals surface area contributed by atoms with Gasteiger partial charge in [-0.2, -0.15) is 0 Å². The lowest BCUT2D eigenvalue weighted by atomic mass is 9.94. The molecule has 2 aliphatic rings. The van der Waals surface area contributed by atoms with Crippen LogP contribution in [0.3, 0.4) is 0 Å². The van der Waals surface area contributed by atoms with E-state index in [2.05, 4.69) is 16.0 Å². The number of carbonyl (C=O) groups excluding carboxylic acids is 5. The van der Waals surface area contributed by atoms with Crippen molar-refractivity contribution in [1.82, 2.24) is 10.2 Å². The molecule has 2 aromatic carbocycles. The standard InChI is InChI=1S/C28H32N4O6/c1-28(2,3)38-27(37)29-16-23(33)30-18-8-7-9-19(15-18)31-24(34)17-12-13-21-22(14-17)26(36)32(25(21)35)20-10-5-4-6-11-20/h7-9,12-15,20H,4-6,10-11,16H2,1-3H3,(H,29,37)(H,30,33)(H,31,34). The van der Waals surface area contributed by atoms with Crippen LogP contribution in [0.25, 0.3) is 0 Å². The van der Waals surface area contributed by atoms with Crippen molar-refractivity contribution >= 4 is 41.1 Å². The third kappa shape index (κ3) is 6.37. The Morgan fingerprint density at radius 3 is 2.24 bits per heavy atom. The average molecular weight is 521 g/mol. The number of nitrogens with zero attached hydrogens (tertiary/aromatic N) is 1. The van der Waals surface area contributed by atoms with E-state index in [0.717, 1.165) is 32.1 Å². The molecule has 1 heterocycles. The summed E-state index contributed by atoms with van der Waals surface area (Å²) in [5, 5.41) is 7.78. The number of imide groups is 1. The van der Waals surface area contributed by atoms with Crippen LogP contribution in [0.1, 0.15) is 83.9 Å². The van der Waals surface area contributed by atoms with Crippen molar-refractivity contribution in [2.75, 3.05) is 17.2 Å². The number of benzene rings is 2. The summed E-state index contributed by atoms with van der Waals surface area (Å²) in [5.41, 5.74) is 0.958. The molecule has 10 heteroatoms. The molecule has 1 fully saturated rings. The van der Waals surface area contributed by atoms with Gasteiger partial charge in [0.05, 0.1) is 11.1 Å². The summed E-state index contributed by atoms with van der Waals surface area (Å²) in [6.07, 6.45) is 4.01. The molecule has 1 saturated carbocycles. The minimum atomic E-state index is -0.704. The molecule has 0 radical (unpaired) electrons. The highest BCUT2D eigenvalue weighted by Gasteiger charge is 2.40. The number of nitrogens with one attached hydrogen (secondary N) is 3. The maximum Gasteiger partial charge on any atom is 0.408 e. The third-order valence-corrected chi connectivity index (χ3v) is 6.32. The molecule has 0 aromatic heterocycles. The molecule has 0 saturated heterocycles. The molecule has 2 aromatic rings. The van der Waals surface area contributed by atoms with Crippen LogP contribution in [0.15, 0.2) is 42.5 Å². The largest absolute Gasteiger partial charge is 0.444 e. The highest BCUT2D eigenvalue weighted by Crippen LogP contribution is 2.31. The van der Waals surface area contributed by atoms with Gasteiger partial charge in [-0.15, -0.1) is 0 Å². The fourth-order valence-electron chi connectivity index (χ4n) is 4.62. The molecule has 1 aliphatic heterocycles. The Hall–Kier alpha value is -4.21. The summed E-state index contributed by atoms with van der Waals surface area (Å²) in [6.45, 7) is 4.88. The van der Waals surface area contributed by atoms with Gasteiger partial charge in [0.15, 0.2) is 0 Å². The number of alkyl carbamates (subject to hydrolysis) is 1. The SMILES string of the molecule is CC(C)(C)OC(=O)NCC(=O)Nc1cccc(NC(=O)c2ccc3c(c2)C(=O)N(C2CCCCC2)C3=O)c1. The van der Waals surface area contributed by atoms with E-state index in [1.165, 1.54) is 23.1 Å². The minimum absolute atomic E-state index is 0.0919. The predicted octanol–water partition coefficient (Wildman–Crippen LogP) is 4.33. The monoisotopic (exact) mass is 520 g/mol. The van der Waals surface area contributed by atoms with Gasteiger partial charge in [-0.3, -0.25) is 24.1 Å². The van der Waals surface area contributed by atoms with Gasteiger partial charge in [-0.25, -0.2) is 4.79 Å². The Morgan fingerprint density at radius 1 is 0.895 bits per heavy atom. The first-order chi connectivity index (χ1) is 18.0. The van der Waals surface area contributed by atoms with Gasteiger partial charge >= 0.3 is 6.09 Å². The lowest BCUT2D eigenvalue weighted by Gasteiger charge is -2.29. The van der Waals surface area contributed by atoms with Crippen LogP contribution < -0.4 is 16.0 Å². The number of ether oxygens (including phenoxy) is 1. The Kier molecular flexibility index (Phi) is 7.80. The van der Waals surface area contributed by atoms with Gasteiger partial charge < -0.3 is 20.7 Å². The molecule has 1 aliphatic carbocycles. The summed E-state index contributed by atoms with van der Waals surface area (Å²) in [7, 11) is 0. The minimum Gasteiger partial charge on any atom is -0.444 e. The highest BCUT2D eigenvalue weighted by molar-refractivity contribution is 6.22. The number of fused-ring (bicyclic) bond motifs is 1. The molecule has 0 spiro atoms. The van der Waals surface area contributed by atoms with E-state index in [9.17, 15) is 24.0 Å². The van der Waals surface area contributed by atoms with Crippen LogP contribution in [-0.4, -0.2) is 52.8 Å². The van der Waals surface area contributed by atoms with Crippen LogP contribution in [0.5, 0.6) is 0 Å². The summed E-state index contributed by atoms with van der Waals surface area (Å²) < 4.78 is 5.10. The zero-order valence-electron chi connectivity index (χ0n) is 21.8. The summed E-state index contributed by atoms with van der Waals surface area (Å²) in [6, 6.07) is 10.9. The molecule has 0 atom stereocenters. The Bertz CT molecular complexity index is 1280. The van der Waals surface area contributed by atoms with Crippen molar-refractivity contribution in [3.63, 3.8) is 0 Å². The second-order valence-electron chi connectivity index (χ2n) is 10.5. The van der Waals surface area contributed by atoms with Gasteiger partial charge in [0.2, 0.25) is 5.91 Å². The molecule has 5 amide bonds. The van der Waals surface area contributed by atoms with Crippen molar-refractivity contribution in [2.24, 2.45) is 0 Å². The predicted molar refractivity (Wildman–Crippen MR) is 141 cm³/mol. The van der Waals surface area contributed by atoms with E-state index in [-0.39, 0.29) is 35.5 Å². The van der Waals surface area contributed by atoms with E-state index in [0.29, 0.717) is 16.9 Å². The van der Waals surface area contributed by atoms with Crippen molar-refractivity contribution in [3.8, 4) is 0 Å². The number of anilines is 2. The van der Waals surface area contributed by atoms with Gasteiger partial charge in [0, 0.05) is 23.0 Å². The first-order valence-corrected chi connectivity index (χ1v) is 12.7. The number of amides is 5. The molecule has 38 heavy (non-hydrogen) atoms. The van der Waals surface area contributed by atoms with E-state index < -0.39 is 23.5 Å². The first-order valence-electron chi connectivity index (χ1n) is 12.7. The molecule has 4 rings (SSSR count). The van der Waals surface area contributed by atoms with Crippen molar-refractivity contribution in [1.29, 1.82) is 0 Å². The number of rotatable bonds is 6. The number of hydrogen-bond acceptors (Lipinski definition) is 6. The number of hydrogen-bond donors (Lipinski definition) is 3. The topological polar surface area (TPSA) is 134 Å². The Labute approximate surface area is 221 Å². The molecule has 200 valence electrons. The van der Waals surface area contributed by atoms with E-state index in [4.69, 9.17) is 4.74 Å². The average Bonchev–Trinajstić information content (AvgIpc) is 3.11. The Balaban J connectivity index is 1.37. The van der Waals surface area contributed by atoms with Crippen LogP contribution in [0, 0.1) is 0 Å².